The molecule has 0 radical (unpaired) electrons. The van der Waals surface area contributed by atoms with Crippen LogP contribution in [0.1, 0.15) is 86.4 Å². The van der Waals surface area contributed by atoms with Gasteiger partial charge in [0.15, 0.2) is 6.20 Å². The molecule has 3 heterocycles. The first-order valence-electron chi connectivity index (χ1n) is 15.5. The number of nitrogens with zero attached hydrogens (tertiary/aromatic N) is 2. The Kier molecular flexibility index (Phi) is 7.32. The number of esters is 1. The molecular weight excluding hydrogens is 547 g/mol. The number of aromatic nitrogens is 1. The number of amides is 1. The first-order chi connectivity index (χ1) is 20.2. The SMILES string of the molecule is Cc1c(CCB2O[C@@H]3C[C@@H]4C[C@@H](C4(C)C)[C@]3(C)O2)ccc(OC2CN(C(=O)c3cccc[n+]3[O-])C2)c1C(=O)OC(C)(C)C. The number of rotatable bonds is 7. The Balaban J connectivity index is 1.14. The number of likely N-dealkylation sites (tertiary alicyclic amines) is 1. The highest BCUT2D eigenvalue weighted by atomic mass is 16.7. The smallest absolute Gasteiger partial charge is 0.457 e. The van der Waals surface area contributed by atoms with Crippen molar-refractivity contribution in [3.05, 3.63) is 64.1 Å². The Bertz CT molecular complexity index is 1430. The van der Waals surface area contributed by atoms with E-state index in [0.717, 1.165) is 17.5 Å². The number of benzene rings is 1. The van der Waals surface area contributed by atoms with Crippen LogP contribution in [-0.2, 0) is 20.5 Å². The summed E-state index contributed by atoms with van der Waals surface area (Å²) in [5.41, 5.74) is 1.66. The van der Waals surface area contributed by atoms with Crippen LogP contribution in [0.3, 0.4) is 0 Å². The van der Waals surface area contributed by atoms with Gasteiger partial charge < -0.3 is 28.9 Å². The van der Waals surface area contributed by atoms with Gasteiger partial charge in [0.1, 0.15) is 23.0 Å². The summed E-state index contributed by atoms with van der Waals surface area (Å²) in [6, 6.07) is 8.57. The molecule has 1 aromatic heterocycles. The number of aryl methyl sites for hydroxylation is 1. The Labute approximate surface area is 254 Å². The van der Waals surface area contributed by atoms with Crippen LogP contribution in [0, 0.1) is 29.4 Å². The van der Waals surface area contributed by atoms with Gasteiger partial charge in [0.2, 0.25) is 0 Å². The molecule has 2 saturated heterocycles. The van der Waals surface area contributed by atoms with Gasteiger partial charge in [0, 0.05) is 12.1 Å². The van der Waals surface area contributed by atoms with Gasteiger partial charge in [-0.15, -0.1) is 0 Å². The van der Waals surface area contributed by atoms with Crippen LogP contribution in [0.2, 0.25) is 6.32 Å². The average molecular weight is 591 g/mol. The highest BCUT2D eigenvalue weighted by molar-refractivity contribution is 6.45. The largest absolute Gasteiger partial charge is 0.618 e. The molecule has 5 fully saturated rings. The minimum atomic E-state index is -0.675. The molecule has 7 rings (SSSR count). The van der Waals surface area contributed by atoms with Crippen LogP contribution in [-0.4, -0.2) is 60.4 Å². The van der Waals surface area contributed by atoms with Gasteiger partial charge >= 0.3 is 19.0 Å². The van der Waals surface area contributed by atoms with E-state index in [1.54, 1.807) is 17.0 Å². The molecule has 2 bridgehead atoms. The molecule has 2 aliphatic heterocycles. The summed E-state index contributed by atoms with van der Waals surface area (Å²) in [6.07, 6.45) is 4.78. The Morgan fingerprint density at radius 1 is 1.14 bits per heavy atom. The highest BCUT2D eigenvalue weighted by Crippen LogP contribution is 2.65. The zero-order chi connectivity index (χ0) is 30.9. The molecule has 4 atom stereocenters. The number of pyridine rings is 1. The number of hydrogen-bond acceptors (Lipinski definition) is 7. The molecule has 43 heavy (non-hydrogen) atoms. The van der Waals surface area contributed by atoms with Gasteiger partial charge in [0.25, 0.3) is 5.69 Å². The van der Waals surface area contributed by atoms with Gasteiger partial charge in [-0.25, -0.2) is 4.79 Å². The molecule has 5 aliphatic rings. The van der Waals surface area contributed by atoms with E-state index in [1.165, 1.54) is 18.7 Å². The number of carbonyl (C=O) groups is 2. The van der Waals surface area contributed by atoms with Crippen molar-refractivity contribution in [2.45, 2.75) is 97.5 Å². The van der Waals surface area contributed by atoms with Crippen molar-refractivity contribution in [1.82, 2.24) is 4.90 Å². The van der Waals surface area contributed by atoms with Gasteiger partial charge in [-0.2, -0.15) is 4.73 Å². The average Bonchev–Trinajstić information content (AvgIpc) is 3.24. The van der Waals surface area contributed by atoms with E-state index in [0.29, 0.717) is 59.1 Å². The lowest BCUT2D eigenvalue weighted by Crippen LogP contribution is -2.65. The minimum absolute atomic E-state index is 0.0692. The standard InChI is InChI=1S/C33H43BN2O7/c1-20-21(13-14-34-42-27-17-22-16-26(32(22,5)6)33(27,7)43-34)11-12-25(28(20)30(38)41-31(2,3)4)40-23-18-35(19-23)29(37)24-10-8-9-15-36(24)39/h8-12,15,22-23,26-27H,13-14,16-19H2,1-7H3/t22-,26-,27+,33-/m0/s1. The second-order valence-electron chi connectivity index (χ2n) is 14.5. The van der Waals surface area contributed by atoms with Crippen molar-refractivity contribution in [3.63, 3.8) is 0 Å². The van der Waals surface area contributed by atoms with Gasteiger partial charge in [-0.3, -0.25) is 4.79 Å². The van der Waals surface area contributed by atoms with Crippen LogP contribution < -0.4 is 9.47 Å². The molecule has 3 aliphatic carbocycles. The maximum atomic E-state index is 13.5. The van der Waals surface area contributed by atoms with Crippen molar-refractivity contribution in [3.8, 4) is 5.75 Å². The van der Waals surface area contributed by atoms with Crippen LogP contribution >= 0.6 is 0 Å². The fourth-order valence-corrected chi connectivity index (χ4v) is 7.64. The molecule has 230 valence electrons. The predicted molar refractivity (Wildman–Crippen MR) is 161 cm³/mol. The van der Waals surface area contributed by atoms with Crippen LogP contribution in [0.5, 0.6) is 5.75 Å². The van der Waals surface area contributed by atoms with Crippen molar-refractivity contribution in [1.29, 1.82) is 0 Å². The first kappa shape index (κ1) is 29.9. The third kappa shape index (κ3) is 5.31. The van der Waals surface area contributed by atoms with E-state index in [9.17, 15) is 14.8 Å². The molecule has 0 spiro atoms. The summed E-state index contributed by atoms with van der Waals surface area (Å²) in [5, 5.41) is 12.0. The molecule has 3 saturated carbocycles. The molecule has 2 aromatic rings. The first-order valence-corrected chi connectivity index (χ1v) is 15.5. The summed E-state index contributed by atoms with van der Waals surface area (Å²) < 4.78 is 25.7. The maximum Gasteiger partial charge on any atom is 0.457 e. The third-order valence-corrected chi connectivity index (χ3v) is 10.3. The number of hydrogen-bond donors (Lipinski definition) is 0. The van der Waals surface area contributed by atoms with Crippen molar-refractivity contribution in [2.24, 2.45) is 17.3 Å². The Morgan fingerprint density at radius 3 is 2.56 bits per heavy atom. The van der Waals surface area contributed by atoms with E-state index in [-0.39, 0.29) is 36.5 Å². The summed E-state index contributed by atoms with van der Waals surface area (Å²) in [4.78, 5) is 27.8. The van der Waals surface area contributed by atoms with E-state index in [4.69, 9.17) is 18.8 Å². The molecule has 9 nitrogen and oxygen atoms in total. The number of ether oxygens (including phenoxy) is 2. The molecule has 10 heteroatoms. The quantitative estimate of drug-likeness (QED) is 0.198. The molecule has 0 N–H and O–H groups in total. The Morgan fingerprint density at radius 2 is 1.88 bits per heavy atom. The highest BCUT2D eigenvalue weighted by Gasteiger charge is 2.67. The minimum Gasteiger partial charge on any atom is -0.618 e. The third-order valence-electron chi connectivity index (χ3n) is 10.3. The van der Waals surface area contributed by atoms with E-state index in [1.807, 2.05) is 39.8 Å². The maximum absolute atomic E-state index is 13.5. The summed E-state index contributed by atoms with van der Waals surface area (Å²) in [6.45, 7) is 15.0. The summed E-state index contributed by atoms with van der Waals surface area (Å²) >= 11 is 0. The van der Waals surface area contributed by atoms with Crippen molar-refractivity contribution >= 4 is 19.0 Å². The van der Waals surface area contributed by atoms with Gasteiger partial charge in [-0.05, 0) is 101 Å². The molecule has 1 aromatic carbocycles. The molecule has 0 unspecified atom stereocenters. The fraction of sp³-hybridized carbons (Fsp3) is 0.606. The van der Waals surface area contributed by atoms with Gasteiger partial charge in [-0.1, -0.05) is 19.9 Å². The topological polar surface area (TPSA) is 101 Å². The van der Waals surface area contributed by atoms with E-state index >= 15 is 0 Å². The molecular formula is C33H43BN2O7. The normalized spacial score (nSPS) is 27.7. The Hall–Kier alpha value is -3.11. The lowest BCUT2D eigenvalue weighted by atomic mass is 9.43. The zero-order valence-electron chi connectivity index (χ0n) is 26.3. The summed E-state index contributed by atoms with van der Waals surface area (Å²) in [7, 11) is -0.277. The second-order valence-corrected chi connectivity index (χ2v) is 14.5. The lowest BCUT2D eigenvalue weighted by molar-refractivity contribution is -0.608. The summed E-state index contributed by atoms with van der Waals surface area (Å²) in [5.74, 6) is 0.850. The van der Waals surface area contributed by atoms with Gasteiger partial charge in [0.05, 0.1) is 24.8 Å². The monoisotopic (exact) mass is 590 g/mol. The van der Waals surface area contributed by atoms with Crippen LogP contribution in [0.4, 0.5) is 0 Å². The van der Waals surface area contributed by atoms with Crippen molar-refractivity contribution < 1.29 is 33.1 Å². The van der Waals surface area contributed by atoms with Crippen molar-refractivity contribution in [2.75, 3.05) is 13.1 Å². The van der Waals surface area contributed by atoms with E-state index in [2.05, 4.69) is 20.8 Å². The van der Waals surface area contributed by atoms with Crippen LogP contribution in [0.15, 0.2) is 36.5 Å². The predicted octanol–water partition coefficient (Wildman–Crippen LogP) is 4.76. The fourth-order valence-electron chi connectivity index (χ4n) is 7.64. The molecule has 1 amide bonds. The second kappa shape index (κ2) is 10.5. The van der Waals surface area contributed by atoms with Crippen LogP contribution in [0.25, 0.3) is 0 Å². The zero-order valence-corrected chi connectivity index (χ0v) is 26.3. The number of carbonyl (C=O) groups excluding carboxylic acids is 2. The van der Waals surface area contributed by atoms with E-state index < -0.39 is 11.6 Å². The lowest BCUT2D eigenvalue weighted by Gasteiger charge is -2.64.